The predicted molar refractivity (Wildman–Crippen MR) is 64.6 cm³/mol. The van der Waals surface area contributed by atoms with Crippen LogP contribution in [-0.4, -0.2) is 9.13 Å². The summed E-state index contributed by atoms with van der Waals surface area (Å²) in [7, 11) is 0. The van der Waals surface area contributed by atoms with Crippen molar-refractivity contribution in [2.75, 3.05) is 0 Å². The maximum Gasteiger partial charge on any atom is 0.328 e. The molecule has 0 amide bonds. The number of halogens is 1. The minimum atomic E-state index is -0.263. The monoisotopic (exact) mass is 234 g/mol. The number of hydrogen-bond acceptors (Lipinski definition) is 1. The summed E-state index contributed by atoms with van der Waals surface area (Å²) in [6.07, 6.45) is 3.53. The fourth-order valence-corrected chi connectivity index (χ4v) is 1.73. The molecule has 0 aliphatic heterocycles. The molecule has 90 valence electrons. The van der Waals surface area contributed by atoms with Gasteiger partial charge in [-0.3, -0.25) is 9.13 Å². The number of imidazole rings is 1. The molecule has 4 heteroatoms. The van der Waals surface area contributed by atoms with Crippen molar-refractivity contribution in [1.29, 1.82) is 0 Å². The Labute approximate surface area is 99.1 Å². The van der Waals surface area contributed by atoms with E-state index in [4.69, 9.17) is 0 Å². The van der Waals surface area contributed by atoms with Crippen molar-refractivity contribution in [3.05, 3.63) is 58.5 Å². The Balaban J connectivity index is 2.25. The number of hydrogen-bond donors (Lipinski definition) is 0. The van der Waals surface area contributed by atoms with Crippen LogP contribution in [-0.2, 0) is 6.54 Å². The van der Waals surface area contributed by atoms with Gasteiger partial charge in [-0.25, -0.2) is 9.18 Å². The summed E-state index contributed by atoms with van der Waals surface area (Å²) in [5.74, 6) is -0.263. The summed E-state index contributed by atoms with van der Waals surface area (Å²) in [5.41, 5.74) is 0.874. The van der Waals surface area contributed by atoms with Crippen LogP contribution in [0.2, 0.25) is 0 Å². The molecule has 1 aromatic heterocycles. The van der Waals surface area contributed by atoms with Gasteiger partial charge in [0.25, 0.3) is 0 Å². The maximum atomic E-state index is 12.7. The Hall–Kier alpha value is -1.84. The van der Waals surface area contributed by atoms with Gasteiger partial charge in [-0.15, -0.1) is 0 Å². The van der Waals surface area contributed by atoms with E-state index in [1.807, 2.05) is 13.8 Å². The molecule has 1 aromatic carbocycles. The highest BCUT2D eigenvalue weighted by Crippen LogP contribution is 2.05. The smallest absolute Gasteiger partial charge is 0.297 e. The Morgan fingerprint density at radius 3 is 2.35 bits per heavy atom. The molecule has 2 rings (SSSR count). The van der Waals surface area contributed by atoms with Gasteiger partial charge in [0.05, 0.1) is 6.54 Å². The first kappa shape index (κ1) is 11.6. The van der Waals surface area contributed by atoms with E-state index in [1.165, 1.54) is 12.1 Å². The minimum absolute atomic E-state index is 0.0377. The van der Waals surface area contributed by atoms with Crippen LogP contribution < -0.4 is 5.69 Å². The third kappa shape index (κ3) is 2.46. The van der Waals surface area contributed by atoms with Gasteiger partial charge in [-0.1, -0.05) is 12.1 Å². The zero-order valence-electron chi connectivity index (χ0n) is 9.93. The third-order valence-corrected chi connectivity index (χ3v) is 2.70. The molecule has 0 bridgehead atoms. The highest BCUT2D eigenvalue weighted by Gasteiger charge is 2.06. The predicted octanol–water partition coefficient (Wildman–Crippen LogP) is 2.42. The zero-order chi connectivity index (χ0) is 12.4. The summed E-state index contributed by atoms with van der Waals surface area (Å²) in [6.45, 7) is 4.39. The quantitative estimate of drug-likeness (QED) is 0.801. The largest absolute Gasteiger partial charge is 0.328 e. The van der Waals surface area contributed by atoms with E-state index in [9.17, 15) is 9.18 Å². The van der Waals surface area contributed by atoms with Crippen LogP contribution in [0.25, 0.3) is 0 Å². The second-order valence-corrected chi connectivity index (χ2v) is 4.34. The van der Waals surface area contributed by atoms with Gasteiger partial charge >= 0.3 is 5.69 Å². The molecule has 3 nitrogen and oxygen atoms in total. The Bertz CT molecular complexity index is 552. The molecule has 0 aliphatic rings. The first-order valence-electron chi connectivity index (χ1n) is 5.59. The van der Waals surface area contributed by atoms with Crippen molar-refractivity contribution >= 4 is 0 Å². The molecule has 0 radical (unpaired) electrons. The lowest BCUT2D eigenvalue weighted by molar-refractivity contribution is 0.561. The summed E-state index contributed by atoms with van der Waals surface area (Å²) in [6, 6.07) is 6.33. The summed E-state index contributed by atoms with van der Waals surface area (Å²) in [4.78, 5) is 11.9. The Morgan fingerprint density at radius 1 is 1.18 bits per heavy atom. The van der Waals surface area contributed by atoms with Crippen molar-refractivity contribution in [2.24, 2.45) is 0 Å². The molecular formula is C13H15FN2O. The van der Waals surface area contributed by atoms with E-state index in [1.54, 1.807) is 33.7 Å². The van der Waals surface area contributed by atoms with E-state index in [0.717, 1.165) is 5.56 Å². The molecule has 0 aliphatic carbocycles. The number of benzene rings is 1. The molecule has 0 spiro atoms. The lowest BCUT2D eigenvalue weighted by atomic mass is 10.2. The average Bonchev–Trinajstić information content (AvgIpc) is 2.64. The van der Waals surface area contributed by atoms with Crippen LogP contribution in [0.3, 0.4) is 0 Å². The molecule has 0 saturated heterocycles. The van der Waals surface area contributed by atoms with Gasteiger partial charge in [-0.05, 0) is 31.5 Å². The van der Waals surface area contributed by atoms with Crippen LogP contribution in [0.5, 0.6) is 0 Å². The molecule has 0 unspecified atom stereocenters. The van der Waals surface area contributed by atoms with Crippen molar-refractivity contribution in [3.8, 4) is 0 Å². The first-order chi connectivity index (χ1) is 8.08. The van der Waals surface area contributed by atoms with Gasteiger partial charge in [0, 0.05) is 18.4 Å². The van der Waals surface area contributed by atoms with Crippen LogP contribution in [0.4, 0.5) is 4.39 Å². The van der Waals surface area contributed by atoms with Crippen molar-refractivity contribution < 1.29 is 4.39 Å². The maximum absolute atomic E-state index is 12.7. The van der Waals surface area contributed by atoms with Gasteiger partial charge < -0.3 is 0 Å². The van der Waals surface area contributed by atoms with E-state index in [-0.39, 0.29) is 17.5 Å². The molecule has 0 fully saturated rings. The van der Waals surface area contributed by atoms with E-state index in [2.05, 4.69) is 0 Å². The Morgan fingerprint density at radius 2 is 1.82 bits per heavy atom. The normalized spacial score (nSPS) is 11.1. The van der Waals surface area contributed by atoms with E-state index < -0.39 is 0 Å². The number of nitrogens with zero attached hydrogens (tertiary/aromatic N) is 2. The van der Waals surface area contributed by atoms with Gasteiger partial charge in [-0.2, -0.15) is 0 Å². The zero-order valence-corrected chi connectivity index (χ0v) is 9.93. The van der Waals surface area contributed by atoms with Crippen molar-refractivity contribution in [2.45, 2.75) is 26.4 Å². The lowest BCUT2D eigenvalue weighted by Gasteiger charge is -2.05. The van der Waals surface area contributed by atoms with Crippen LogP contribution in [0.1, 0.15) is 25.5 Å². The van der Waals surface area contributed by atoms with Crippen LogP contribution in [0, 0.1) is 5.82 Å². The second kappa shape index (κ2) is 4.57. The summed E-state index contributed by atoms with van der Waals surface area (Å²) < 4.78 is 16.0. The fraction of sp³-hybridized carbons (Fsp3) is 0.308. The highest BCUT2D eigenvalue weighted by atomic mass is 19.1. The molecule has 0 saturated carbocycles. The molecule has 0 N–H and O–H groups in total. The number of rotatable bonds is 3. The molecular weight excluding hydrogens is 219 g/mol. The summed E-state index contributed by atoms with van der Waals surface area (Å²) >= 11 is 0. The minimum Gasteiger partial charge on any atom is -0.297 e. The fourth-order valence-electron chi connectivity index (χ4n) is 1.73. The van der Waals surface area contributed by atoms with Gasteiger partial charge in [0.2, 0.25) is 0 Å². The van der Waals surface area contributed by atoms with Gasteiger partial charge in [0.15, 0.2) is 0 Å². The second-order valence-electron chi connectivity index (χ2n) is 4.34. The topological polar surface area (TPSA) is 26.9 Å². The van der Waals surface area contributed by atoms with Crippen molar-refractivity contribution in [1.82, 2.24) is 9.13 Å². The number of aromatic nitrogens is 2. The standard InChI is InChI=1S/C13H15FN2O/c1-10(2)16-8-7-15(13(16)17)9-11-3-5-12(14)6-4-11/h3-8,10H,9H2,1-2H3. The van der Waals surface area contributed by atoms with Gasteiger partial charge in [0.1, 0.15) is 5.82 Å². The molecule has 2 aromatic rings. The summed E-state index contributed by atoms with van der Waals surface area (Å²) in [5, 5.41) is 0. The van der Waals surface area contributed by atoms with Crippen LogP contribution >= 0.6 is 0 Å². The SMILES string of the molecule is CC(C)n1ccn(Cc2ccc(F)cc2)c1=O. The molecule has 0 atom stereocenters. The molecule has 1 heterocycles. The first-order valence-corrected chi connectivity index (χ1v) is 5.59. The van der Waals surface area contributed by atoms with E-state index >= 15 is 0 Å². The van der Waals surface area contributed by atoms with Crippen molar-refractivity contribution in [3.63, 3.8) is 0 Å². The highest BCUT2D eigenvalue weighted by molar-refractivity contribution is 5.16. The van der Waals surface area contributed by atoms with Crippen LogP contribution in [0.15, 0.2) is 41.5 Å². The average molecular weight is 234 g/mol. The molecule has 17 heavy (non-hydrogen) atoms. The Kier molecular flexibility index (Phi) is 3.13. The van der Waals surface area contributed by atoms with E-state index in [0.29, 0.717) is 6.54 Å². The lowest BCUT2D eigenvalue weighted by Crippen LogP contribution is -2.25. The third-order valence-electron chi connectivity index (χ3n) is 2.70.